The summed E-state index contributed by atoms with van der Waals surface area (Å²) >= 11 is 0. The van der Waals surface area contributed by atoms with Crippen LogP contribution in [-0.2, 0) is 22.6 Å². The van der Waals surface area contributed by atoms with Crippen LogP contribution in [0, 0.1) is 0 Å². The van der Waals surface area contributed by atoms with Crippen LogP contribution in [-0.4, -0.2) is 59.7 Å². The number of aromatic nitrogens is 1. The van der Waals surface area contributed by atoms with Crippen molar-refractivity contribution in [2.75, 3.05) is 39.4 Å². The molecule has 0 N–H and O–H groups in total. The number of rotatable bonds is 8. The van der Waals surface area contributed by atoms with Crippen molar-refractivity contribution in [3.05, 3.63) is 59.0 Å². The van der Waals surface area contributed by atoms with E-state index in [2.05, 4.69) is 4.90 Å². The van der Waals surface area contributed by atoms with Gasteiger partial charge in [0.05, 0.1) is 31.5 Å². The Morgan fingerprint density at radius 1 is 1.10 bits per heavy atom. The van der Waals surface area contributed by atoms with Gasteiger partial charge in [-0.15, -0.1) is 0 Å². The first-order chi connectivity index (χ1) is 14.2. The summed E-state index contributed by atoms with van der Waals surface area (Å²) in [6, 6.07) is 10.8. The molecule has 29 heavy (non-hydrogen) atoms. The summed E-state index contributed by atoms with van der Waals surface area (Å²) in [6.07, 6.45) is 2.44. The molecule has 2 aromatic heterocycles. The first-order valence-corrected chi connectivity index (χ1v) is 9.89. The van der Waals surface area contributed by atoms with E-state index in [4.69, 9.17) is 13.6 Å². The zero-order valence-corrected chi connectivity index (χ0v) is 16.3. The first-order valence-electron chi connectivity index (χ1n) is 9.89. The van der Waals surface area contributed by atoms with Crippen LogP contribution >= 0.6 is 0 Å². The highest BCUT2D eigenvalue weighted by atomic mass is 16.5. The minimum Gasteiger partial charge on any atom is -0.467 e. The highest BCUT2D eigenvalue weighted by Crippen LogP contribution is 2.13. The van der Waals surface area contributed by atoms with E-state index < -0.39 is 5.76 Å². The molecule has 1 fully saturated rings. The van der Waals surface area contributed by atoms with Gasteiger partial charge in [0.2, 0.25) is 5.91 Å². The van der Waals surface area contributed by atoms with Gasteiger partial charge >= 0.3 is 5.76 Å². The second-order valence-electron chi connectivity index (χ2n) is 7.12. The van der Waals surface area contributed by atoms with Crippen molar-refractivity contribution in [3.63, 3.8) is 0 Å². The lowest BCUT2D eigenvalue weighted by Gasteiger charge is -2.28. The summed E-state index contributed by atoms with van der Waals surface area (Å²) in [5.41, 5.74) is 1.10. The van der Waals surface area contributed by atoms with Crippen molar-refractivity contribution >= 4 is 17.0 Å². The maximum atomic E-state index is 13.1. The summed E-state index contributed by atoms with van der Waals surface area (Å²) in [4.78, 5) is 29.4. The maximum absolute atomic E-state index is 13.1. The lowest BCUT2D eigenvalue weighted by atomic mass is 10.3. The number of amides is 1. The van der Waals surface area contributed by atoms with Crippen molar-refractivity contribution in [2.24, 2.45) is 0 Å². The van der Waals surface area contributed by atoms with Gasteiger partial charge in [0.15, 0.2) is 5.58 Å². The fourth-order valence-corrected chi connectivity index (χ4v) is 3.59. The van der Waals surface area contributed by atoms with Gasteiger partial charge in [0.25, 0.3) is 0 Å². The number of carbonyl (C=O) groups excluding carboxylic acids is 1. The molecule has 0 bridgehead atoms. The average Bonchev–Trinajstić information content (AvgIpc) is 3.36. The fraction of sp³-hybridized carbons (Fsp3) is 0.429. The molecule has 0 radical (unpaired) electrons. The highest BCUT2D eigenvalue weighted by molar-refractivity contribution is 5.79. The molecule has 154 valence electrons. The second kappa shape index (κ2) is 9.11. The molecule has 0 spiro atoms. The van der Waals surface area contributed by atoms with E-state index in [1.807, 2.05) is 12.1 Å². The Kier molecular flexibility index (Phi) is 6.12. The SMILES string of the molecule is O=C(Cn1c(=O)oc2ccccc21)N(CCCN1CCOCC1)Cc1ccco1. The molecule has 1 aromatic carbocycles. The third-order valence-electron chi connectivity index (χ3n) is 5.15. The number of ether oxygens (including phenoxy) is 1. The number of hydrogen-bond donors (Lipinski definition) is 0. The Hall–Kier alpha value is -2.84. The molecule has 1 aliphatic heterocycles. The first kappa shape index (κ1) is 19.5. The van der Waals surface area contributed by atoms with Crippen molar-refractivity contribution in [1.29, 1.82) is 0 Å². The van der Waals surface area contributed by atoms with Crippen LogP contribution in [0.15, 0.2) is 56.3 Å². The molecule has 0 saturated carbocycles. The predicted molar refractivity (Wildman–Crippen MR) is 106 cm³/mol. The molecule has 8 nitrogen and oxygen atoms in total. The number of benzene rings is 1. The zero-order valence-electron chi connectivity index (χ0n) is 16.3. The van der Waals surface area contributed by atoms with E-state index in [1.54, 1.807) is 35.4 Å². The number of oxazole rings is 1. The van der Waals surface area contributed by atoms with Crippen LogP contribution in [0.3, 0.4) is 0 Å². The normalized spacial score (nSPS) is 15.0. The van der Waals surface area contributed by atoms with Crippen molar-refractivity contribution in [1.82, 2.24) is 14.4 Å². The molecule has 1 aliphatic rings. The standard InChI is InChI=1S/C21H25N3O5/c25-20(16-24-18-6-1-2-7-19(18)29-21(24)26)23(15-17-5-3-12-28-17)9-4-8-22-10-13-27-14-11-22/h1-3,5-7,12H,4,8-11,13-16H2. The van der Waals surface area contributed by atoms with E-state index in [1.165, 1.54) is 4.57 Å². The highest BCUT2D eigenvalue weighted by Gasteiger charge is 2.20. The topological polar surface area (TPSA) is 81.1 Å². The Bertz CT molecular complexity index is 985. The molecule has 0 unspecified atom stereocenters. The Labute approximate surface area is 168 Å². The molecule has 4 rings (SSSR count). The fourth-order valence-electron chi connectivity index (χ4n) is 3.59. The van der Waals surface area contributed by atoms with Crippen LogP contribution in [0.4, 0.5) is 0 Å². The minimum absolute atomic E-state index is 0.0614. The molecule has 3 aromatic rings. The number of carbonyl (C=O) groups is 1. The second-order valence-corrected chi connectivity index (χ2v) is 7.12. The van der Waals surface area contributed by atoms with E-state index in [0.717, 1.165) is 39.3 Å². The summed E-state index contributed by atoms with van der Waals surface area (Å²) < 4.78 is 17.4. The molecule has 1 amide bonds. The Morgan fingerprint density at radius 2 is 1.93 bits per heavy atom. The van der Waals surface area contributed by atoms with Crippen LogP contribution in [0.25, 0.3) is 11.1 Å². The van der Waals surface area contributed by atoms with Gasteiger partial charge in [0, 0.05) is 26.2 Å². The lowest BCUT2D eigenvalue weighted by Crippen LogP contribution is -2.40. The Morgan fingerprint density at radius 3 is 2.72 bits per heavy atom. The summed E-state index contributed by atoms with van der Waals surface area (Å²) in [6.45, 7) is 5.15. The Balaban J connectivity index is 1.44. The smallest absolute Gasteiger partial charge is 0.420 e. The maximum Gasteiger partial charge on any atom is 0.420 e. The van der Waals surface area contributed by atoms with E-state index >= 15 is 0 Å². The van der Waals surface area contributed by atoms with Crippen LogP contribution < -0.4 is 5.76 Å². The van der Waals surface area contributed by atoms with Crippen molar-refractivity contribution in [2.45, 2.75) is 19.5 Å². The zero-order chi connectivity index (χ0) is 20.1. The van der Waals surface area contributed by atoms with Gasteiger partial charge in [0.1, 0.15) is 12.3 Å². The molecule has 0 aliphatic carbocycles. The van der Waals surface area contributed by atoms with E-state index in [-0.39, 0.29) is 12.5 Å². The van der Waals surface area contributed by atoms with Crippen LogP contribution in [0.2, 0.25) is 0 Å². The summed E-state index contributed by atoms with van der Waals surface area (Å²) in [5, 5.41) is 0. The number of furan rings is 1. The van der Waals surface area contributed by atoms with Crippen LogP contribution in [0.5, 0.6) is 0 Å². The number of para-hydroxylation sites is 2. The quantitative estimate of drug-likeness (QED) is 0.576. The molecule has 0 atom stereocenters. The van der Waals surface area contributed by atoms with Gasteiger partial charge in [-0.3, -0.25) is 14.3 Å². The van der Waals surface area contributed by atoms with Crippen molar-refractivity contribution in [3.8, 4) is 0 Å². The van der Waals surface area contributed by atoms with Gasteiger partial charge < -0.3 is 18.5 Å². The largest absolute Gasteiger partial charge is 0.467 e. The predicted octanol–water partition coefficient (Wildman–Crippen LogP) is 1.94. The van der Waals surface area contributed by atoms with Crippen LogP contribution in [0.1, 0.15) is 12.2 Å². The average molecular weight is 399 g/mol. The third-order valence-corrected chi connectivity index (χ3v) is 5.15. The van der Waals surface area contributed by atoms with Crippen molar-refractivity contribution < 1.29 is 18.4 Å². The summed E-state index contributed by atoms with van der Waals surface area (Å²) in [7, 11) is 0. The number of morpholine rings is 1. The molecule has 3 heterocycles. The number of nitrogens with zero attached hydrogens (tertiary/aromatic N) is 3. The minimum atomic E-state index is -0.522. The van der Waals surface area contributed by atoms with Gasteiger partial charge in [-0.2, -0.15) is 0 Å². The third kappa shape index (κ3) is 4.78. The molecular weight excluding hydrogens is 374 g/mol. The summed E-state index contributed by atoms with van der Waals surface area (Å²) in [5.74, 6) is 0.0527. The molecule has 1 saturated heterocycles. The van der Waals surface area contributed by atoms with E-state index in [9.17, 15) is 9.59 Å². The molecule has 8 heteroatoms. The number of hydrogen-bond acceptors (Lipinski definition) is 6. The van der Waals surface area contributed by atoms with E-state index in [0.29, 0.717) is 29.9 Å². The van der Waals surface area contributed by atoms with Gasteiger partial charge in [-0.25, -0.2) is 4.79 Å². The molecular formula is C21H25N3O5. The lowest BCUT2D eigenvalue weighted by molar-refractivity contribution is -0.132. The van der Waals surface area contributed by atoms with Gasteiger partial charge in [-0.05, 0) is 30.7 Å². The number of fused-ring (bicyclic) bond motifs is 1. The monoisotopic (exact) mass is 399 g/mol. The van der Waals surface area contributed by atoms with Gasteiger partial charge in [-0.1, -0.05) is 12.1 Å².